The van der Waals surface area contributed by atoms with Gasteiger partial charge in [-0.2, -0.15) is 0 Å². The van der Waals surface area contributed by atoms with Gasteiger partial charge >= 0.3 is 6.03 Å². The van der Waals surface area contributed by atoms with Crippen LogP contribution in [0, 0.1) is 11.6 Å². The van der Waals surface area contributed by atoms with E-state index in [-0.39, 0.29) is 34.2 Å². The first kappa shape index (κ1) is 20.9. The summed E-state index contributed by atoms with van der Waals surface area (Å²) < 4.78 is 34.5. The Bertz CT molecular complexity index is 1100. The molecule has 9 heteroatoms. The number of urea groups is 1. The Morgan fingerprint density at radius 2 is 1.94 bits per heavy atom. The normalized spacial score (nSPS) is 15.2. The van der Waals surface area contributed by atoms with Gasteiger partial charge in [0, 0.05) is 18.2 Å². The fourth-order valence-corrected chi connectivity index (χ4v) is 4.08. The van der Waals surface area contributed by atoms with E-state index in [0.717, 1.165) is 25.7 Å². The van der Waals surface area contributed by atoms with Crippen LogP contribution in [0.5, 0.6) is 5.88 Å². The van der Waals surface area contributed by atoms with Crippen LogP contribution in [0.15, 0.2) is 36.4 Å². The number of ether oxygens (including phenoxy) is 1. The molecule has 1 aliphatic heterocycles. The summed E-state index contributed by atoms with van der Waals surface area (Å²) in [6.07, 6.45) is 1.32. The number of hydrogen-bond acceptors (Lipinski definition) is 5. The summed E-state index contributed by atoms with van der Waals surface area (Å²) in [6.45, 7) is 2.32. The molecule has 4 rings (SSSR count). The molecule has 0 aliphatic carbocycles. The molecule has 1 fully saturated rings. The summed E-state index contributed by atoms with van der Waals surface area (Å²) in [4.78, 5) is 22.1. The second-order valence-corrected chi connectivity index (χ2v) is 7.56. The van der Waals surface area contributed by atoms with Crippen LogP contribution in [-0.4, -0.2) is 41.1 Å². The maximum absolute atomic E-state index is 14.9. The summed E-state index contributed by atoms with van der Waals surface area (Å²) in [5.74, 6) is -2.18. The van der Waals surface area contributed by atoms with Crippen LogP contribution in [0.25, 0.3) is 11.0 Å². The predicted octanol–water partition coefficient (Wildman–Crippen LogP) is 3.79. The number of hydrogen-bond donors (Lipinski definition) is 2. The maximum atomic E-state index is 14.9. The molecule has 1 saturated heterocycles. The highest BCUT2D eigenvalue weighted by molar-refractivity contribution is 5.90. The van der Waals surface area contributed by atoms with Crippen LogP contribution >= 0.6 is 0 Å². The van der Waals surface area contributed by atoms with E-state index in [1.54, 1.807) is 0 Å². The van der Waals surface area contributed by atoms with Gasteiger partial charge in [0.05, 0.1) is 18.1 Å². The van der Waals surface area contributed by atoms with E-state index >= 15 is 0 Å². The zero-order valence-corrected chi connectivity index (χ0v) is 17.1. The van der Waals surface area contributed by atoms with Gasteiger partial charge in [-0.05, 0) is 37.4 Å². The number of primary amides is 1. The number of aromatic nitrogens is 2. The van der Waals surface area contributed by atoms with Crippen LogP contribution in [0.1, 0.15) is 29.9 Å². The summed E-state index contributed by atoms with van der Waals surface area (Å²) >= 11 is 0. The zero-order valence-electron chi connectivity index (χ0n) is 17.1. The molecule has 3 aromatic rings. The topological polar surface area (TPSA) is 93.4 Å². The first-order valence-electron chi connectivity index (χ1n) is 10.0. The van der Waals surface area contributed by atoms with E-state index in [9.17, 15) is 13.6 Å². The standard InChI is InChI=1S/C22H23F2N5O2/c1-31-21-20(28-22(25)30)26-16-11-15(23)18(24)17(19(16)27-21)14-7-9-29(10-8-14)12-13-5-3-2-4-6-13/h2-6,11,14H,7-10,12H2,1H3,(H3,25,26,28,30). The van der Waals surface area contributed by atoms with Crippen LogP contribution < -0.4 is 15.8 Å². The third-order valence-electron chi connectivity index (χ3n) is 5.54. The molecule has 0 atom stereocenters. The number of likely N-dealkylation sites (tertiary alicyclic amines) is 1. The third-order valence-corrected chi connectivity index (χ3v) is 5.54. The molecule has 7 nitrogen and oxygen atoms in total. The Labute approximate surface area is 178 Å². The second kappa shape index (κ2) is 8.81. The number of rotatable bonds is 5. The van der Waals surface area contributed by atoms with Crippen molar-refractivity contribution in [3.8, 4) is 5.88 Å². The van der Waals surface area contributed by atoms with E-state index in [1.807, 2.05) is 18.2 Å². The van der Waals surface area contributed by atoms with Gasteiger partial charge in [0.2, 0.25) is 0 Å². The summed E-state index contributed by atoms with van der Waals surface area (Å²) in [7, 11) is 1.35. The van der Waals surface area contributed by atoms with E-state index < -0.39 is 17.7 Å². The number of fused-ring (bicyclic) bond motifs is 1. The number of nitrogens with zero attached hydrogens (tertiary/aromatic N) is 3. The lowest BCUT2D eigenvalue weighted by Crippen LogP contribution is -2.33. The van der Waals surface area contributed by atoms with Crippen molar-refractivity contribution in [3.05, 3.63) is 59.2 Å². The minimum absolute atomic E-state index is 0.0138. The largest absolute Gasteiger partial charge is 0.478 e. The Kier molecular flexibility index (Phi) is 5.94. The Hall–Kier alpha value is -3.33. The van der Waals surface area contributed by atoms with E-state index in [0.29, 0.717) is 12.8 Å². The van der Waals surface area contributed by atoms with Crippen molar-refractivity contribution in [2.75, 3.05) is 25.5 Å². The molecule has 2 amide bonds. The molecule has 1 aliphatic rings. The lowest BCUT2D eigenvalue weighted by molar-refractivity contribution is 0.203. The molecular weight excluding hydrogens is 404 g/mol. The molecule has 2 aromatic carbocycles. The van der Waals surface area contributed by atoms with Gasteiger partial charge in [-0.15, -0.1) is 0 Å². The maximum Gasteiger partial charge on any atom is 0.317 e. The van der Waals surface area contributed by atoms with Gasteiger partial charge in [0.25, 0.3) is 5.88 Å². The number of benzene rings is 2. The van der Waals surface area contributed by atoms with E-state index in [4.69, 9.17) is 10.5 Å². The minimum atomic E-state index is -1.00. The number of methoxy groups -OCH3 is 1. The van der Waals surface area contributed by atoms with Crippen molar-refractivity contribution in [1.29, 1.82) is 0 Å². The smallest absolute Gasteiger partial charge is 0.317 e. The highest BCUT2D eigenvalue weighted by Crippen LogP contribution is 2.37. The van der Waals surface area contributed by atoms with Crippen LogP contribution in [0.3, 0.4) is 0 Å². The molecule has 3 N–H and O–H groups in total. The second-order valence-electron chi connectivity index (χ2n) is 7.56. The van der Waals surface area contributed by atoms with Crippen molar-refractivity contribution in [1.82, 2.24) is 14.9 Å². The SMILES string of the molecule is COc1nc2c(C3CCN(Cc4ccccc4)CC3)c(F)c(F)cc2nc1NC(N)=O. The molecule has 2 heterocycles. The number of halogens is 2. The summed E-state index contributed by atoms with van der Waals surface area (Å²) in [5, 5.41) is 2.30. The number of anilines is 1. The molecule has 0 radical (unpaired) electrons. The number of amides is 2. The first-order chi connectivity index (χ1) is 15.0. The van der Waals surface area contributed by atoms with E-state index in [1.165, 1.54) is 12.7 Å². The van der Waals surface area contributed by atoms with Crippen LogP contribution in [0.4, 0.5) is 19.4 Å². The van der Waals surface area contributed by atoms with Gasteiger partial charge < -0.3 is 10.5 Å². The predicted molar refractivity (Wildman–Crippen MR) is 113 cm³/mol. The number of carbonyl (C=O) groups is 1. The highest BCUT2D eigenvalue weighted by atomic mass is 19.2. The average Bonchev–Trinajstić information content (AvgIpc) is 2.76. The van der Waals surface area contributed by atoms with Gasteiger partial charge in [0.15, 0.2) is 17.5 Å². The summed E-state index contributed by atoms with van der Waals surface area (Å²) in [6, 6.07) is 10.2. The van der Waals surface area contributed by atoms with Crippen molar-refractivity contribution >= 4 is 22.9 Å². The third kappa shape index (κ3) is 4.41. The molecule has 0 unspecified atom stereocenters. The molecule has 162 valence electrons. The van der Waals surface area contributed by atoms with Crippen molar-refractivity contribution < 1.29 is 18.3 Å². The molecule has 0 saturated carbocycles. The zero-order chi connectivity index (χ0) is 22.0. The van der Waals surface area contributed by atoms with Crippen molar-refractivity contribution in [2.45, 2.75) is 25.3 Å². The quantitative estimate of drug-likeness (QED) is 0.646. The molecular formula is C22H23F2N5O2. The fraction of sp³-hybridized carbons (Fsp3) is 0.318. The first-order valence-corrected chi connectivity index (χ1v) is 10.0. The van der Waals surface area contributed by atoms with Crippen LogP contribution in [-0.2, 0) is 6.54 Å². The lowest BCUT2D eigenvalue weighted by Gasteiger charge is -2.32. The number of nitrogens with two attached hydrogens (primary N) is 1. The number of piperidine rings is 1. The van der Waals surface area contributed by atoms with Gasteiger partial charge in [0.1, 0.15) is 0 Å². The number of nitrogens with one attached hydrogen (secondary N) is 1. The van der Waals surface area contributed by atoms with Crippen LogP contribution in [0.2, 0.25) is 0 Å². The Morgan fingerprint density at radius 3 is 2.58 bits per heavy atom. The monoisotopic (exact) mass is 427 g/mol. The molecule has 1 aromatic heterocycles. The summed E-state index contributed by atoms with van der Waals surface area (Å²) in [5.41, 5.74) is 6.92. The molecule has 0 spiro atoms. The van der Waals surface area contributed by atoms with E-state index in [2.05, 4.69) is 32.3 Å². The number of carbonyl (C=O) groups excluding carboxylic acids is 1. The van der Waals surface area contributed by atoms with Gasteiger partial charge in [-0.3, -0.25) is 10.2 Å². The fourth-order valence-electron chi connectivity index (χ4n) is 4.08. The van der Waals surface area contributed by atoms with Gasteiger partial charge in [-0.25, -0.2) is 23.5 Å². The molecule has 31 heavy (non-hydrogen) atoms. The van der Waals surface area contributed by atoms with Crippen molar-refractivity contribution in [2.24, 2.45) is 5.73 Å². The average molecular weight is 427 g/mol. The van der Waals surface area contributed by atoms with Crippen molar-refractivity contribution in [3.63, 3.8) is 0 Å². The molecule has 0 bridgehead atoms. The minimum Gasteiger partial charge on any atom is -0.478 e. The Morgan fingerprint density at radius 1 is 1.23 bits per heavy atom. The highest BCUT2D eigenvalue weighted by Gasteiger charge is 2.28. The Balaban J connectivity index is 1.64. The lowest BCUT2D eigenvalue weighted by atomic mass is 9.87. The van der Waals surface area contributed by atoms with Gasteiger partial charge in [-0.1, -0.05) is 30.3 Å².